The Kier molecular flexibility index (Phi) is 6.73. The summed E-state index contributed by atoms with van der Waals surface area (Å²) in [4.78, 5) is 47.7. The van der Waals surface area contributed by atoms with Crippen molar-refractivity contribution in [1.82, 2.24) is 0 Å². The lowest BCUT2D eigenvalue weighted by Crippen LogP contribution is -2.31. The molecule has 8 nitrogen and oxygen atoms in total. The molecule has 2 atom stereocenters. The van der Waals surface area contributed by atoms with Crippen molar-refractivity contribution in [1.29, 1.82) is 0 Å². The molecule has 1 amide bonds. The summed E-state index contributed by atoms with van der Waals surface area (Å²) in [6.07, 6.45) is 2.08. The lowest BCUT2D eigenvalue weighted by atomic mass is 9.75. The van der Waals surface area contributed by atoms with Crippen molar-refractivity contribution in [2.75, 3.05) is 11.9 Å². The first-order chi connectivity index (χ1) is 16.6. The Morgan fingerprint density at radius 2 is 1.69 bits per heavy atom. The quantitative estimate of drug-likeness (QED) is 0.367. The predicted molar refractivity (Wildman–Crippen MR) is 127 cm³/mol. The molecule has 182 valence electrons. The topological polar surface area (TPSA) is 108 Å². The van der Waals surface area contributed by atoms with Crippen molar-refractivity contribution in [2.24, 2.45) is 11.3 Å². The van der Waals surface area contributed by atoms with Gasteiger partial charge in [0.15, 0.2) is 11.5 Å². The van der Waals surface area contributed by atoms with Crippen molar-refractivity contribution >= 4 is 29.5 Å². The SMILES string of the molecule is C=C1CC2COC(=O)C2(Cc2ccc(NC(=O)Cc3ccc(OC(C)=O)c(OC(C)=O)c3)cc2)C1. The molecule has 1 aliphatic carbocycles. The Labute approximate surface area is 203 Å². The fourth-order valence-electron chi connectivity index (χ4n) is 4.86. The van der Waals surface area contributed by atoms with Gasteiger partial charge in [0.05, 0.1) is 18.4 Å². The molecule has 0 aromatic heterocycles. The first kappa shape index (κ1) is 24.2. The van der Waals surface area contributed by atoms with Gasteiger partial charge in [0.25, 0.3) is 0 Å². The molecule has 0 radical (unpaired) electrons. The van der Waals surface area contributed by atoms with Crippen LogP contribution >= 0.6 is 0 Å². The third kappa shape index (κ3) is 5.42. The van der Waals surface area contributed by atoms with Crippen LogP contribution in [0.15, 0.2) is 54.6 Å². The van der Waals surface area contributed by atoms with E-state index in [4.69, 9.17) is 14.2 Å². The van der Waals surface area contributed by atoms with Crippen LogP contribution in [0.4, 0.5) is 5.69 Å². The van der Waals surface area contributed by atoms with Crippen LogP contribution in [0.3, 0.4) is 0 Å². The largest absolute Gasteiger partial charge is 0.465 e. The molecule has 1 saturated heterocycles. The van der Waals surface area contributed by atoms with Gasteiger partial charge in [-0.25, -0.2) is 0 Å². The molecule has 1 heterocycles. The molecule has 8 heteroatoms. The van der Waals surface area contributed by atoms with Crippen molar-refractivity contribution in [3.05, 3.63) is 65.7 Å². The highest BCUT2D eigenvalue weighted by atomic mass is 16.6. The van der Waals surface area contributed by atoms with E-state index in [1.165, 1.54) is 26.0 Å². The summed E-state index contributed by atoms with van der Waals surface area (Å²) >= 11 is 0. The first-order valence-corrected chi connectivity index (χ1v) is 11.4. The van der Waals surface area contributed by atoms with E-state index in [1.54, 1.807) is 18.2 Å². The van der Waals surface area contributed by atoms with Crippen LogP contribution in [-0.4, -0.2) is 30.4 Å². The van der Waals surface area contributed by atoms with Crippen LogP contribution in [0, 0.1) is 11.3 Å². The maximum absolute atomic E-state index is 12.6. The number of anilines is 1. The summed E-state index contributed by atoms with van der Waals surface area (Å²) in [7, 11) is 0. The zero-order valence-electron chi connectivity index (χ0n) is 19.7. The zero-order chi connectivity index (χ0) is 25.2. The number of nitrogens with one attached hydrogen (secondary N) is 1. The molecule has 0 spiro atoms. The third-order valence-corrected chi connectivity index (χ3v) is 6.34. The normalized spacial score (nSPS) is 20.7. The minimum atomic E-state index is -0.571. The number of fused-ring (bicyclic) bond motifs is 1. The summed E-state index contributed by atoms with van der Waals surface area (Å²) in [6.45, 7) is 7.00. The van der Waals surface area contributed by atoms with Gasteiger partial charge in [-0.3, -0.25) is 19.2 Å². The van der Waals surface area contributed by atoms with Crippen LogP contribution in [0.5, 0.6) is 11.5 Å². The van der Waals surface area contributed by atoms with E-state index in [9.17, 15) is 19.2 Å². The third-order valence-electron chi connectivity index (χ3n) is 6.34. The average Bonchev–Trinajstić information content (AvgIpc) is 3.24. The van der Waals surface area contributed by atoms with E-state index in [2.05, 4.69) is 11.9 Å². The van der Waals surface area contributed by atoms with Gasteiger partial charge in [0.2, 0.25) is 5.91 Å². The van der Waals surface area contributed by atoms with Crippen LogP contribution in [0.1, 0.15) is 37.8 Å². The first-order valence-electron chi connectivity index (χ1n) is 11.4. The number of esters is 3. The number of rotatable bonds is 7. The summed E-state index contributed by atoms with van der Waals surface area (Å²) in [5.74, 6) is -1.19. The molecule has 2 aromatic rings. The molecule has 1 N–H and O–H groups in total. The van der Waals surface area contributed by atoms with Crippen LogP contribution < -0.4 is 14.8 Å². The fraction of sp³-hybridized carbons (Fsp3) is 0.333. The lowest BCUT2D eigenvalue weighted by molar-refractivity contribution is -0.146. The Morgan fingerprint density at radius 1 is 1.03 bits per heavy atom. The number of hydrogen-bond donors (Lipinski definition) is 1. The molecule has 2 fully saturated rings. The summed E-state index contributed by atoms with van der Waals surface area (Å²) < 4.78 is 15.5. The van der Waals surface area contributed by atoms with Crippen LogP contribution in [-0.2, 0) is 36.8 Å². The number of carbonyl (C=O) groups excluding carboxylic acids is 4. The maximum Gasteiger partial charge on any atom is 0.313 e. The minimum absolute atomic E-state index is 0.0229. The zero-order valence-corrected chi connectivity index (χ0v) is 19.7. The number of cyclic esters (lactones) is 1. The number of amides is 1. The Morgan fingerprint density at radius 3 is 2.37 bits per heavy atom. The van der Waals surface area contributed by atoms with Gasteiger partial charge < -0.3 is 19.5 Å². The minimum Gasteiger partial charge on any atom is -0.465 e. The summed E-state index contributed by atoms with van der Waals surface area (Å²) in [5, 5.41) is 2.84. The number of hydrogen-bond acceptors (Lipinski definition) is 7. The molecular formula is C27H27NO7. The second-order valence-electron chi connectivity index (χ2n) is 9.15. The monoisotopic (exact) mass is 477 g/mol. The fourth-order valence-corrected chi connectivity index (χ4v) is 4.86. The molecule has 1 saturated carbocycles. The molecule has 1 aliphatic heterocycles. The Balaban J connectivity index is 1.40. The highest BCUT2D eigenvalue weighted by Gasteiger charge is 2.55. The van der Waals surface area contributed by atoms with Crippen molar-refractivity contribution in [3.8, 4) is 11.5 Å². The van der Waals surface area contributed by atoms with Gasteiger partial charge in [-0.05, 0) is 54.7 Å². The van der Waals surface area contributed by atoms with Gasteiger partial charge in [0, 0.05) is 25.5 Å². The Hall–Kier alpha value is -3.94. The van der Waals surface area contributed by atoms with Crippen molar-refractivity contribution < 1.29 is 33.4 Å². The lowest BCUT2D eigenvalue weighted by Gasteiger charge is -2.24. The van der Waals surface area contributed by atoms with Gasteiger partial charge in [-0.1, -0.05) is 30.4 Å². The number of benzene rings is 2. The van der Waals surface area contributed by atoms with Gasteiger partial charge >= 0.3 is 17.9 Å². The van der Waals surface area contributed by atoms with E-state index < -0.39 is 17.4 Å². The molecule has 35 heavy (non-hydrogen) atoms. The average molecular weight is 478 g/mol. The Bertz CT molecular complexity index is 1200. The highest BCUT2D eigenvalue weighted by molar-refractivity contribution is 5.92. The standard InChI is InChI=1S/C27H27NO7/c1-16-10-21-15-33-26(32)27(21,13-16)14-19-4-7-22(8-5-19)28-25(31)12-20-6-9-23(34-17(2)29)24(11-20)35-18(3)30/h4-9,11,21H,1,10,12-15H2,2-3H3,(H,28,31). The van der Waals surface area contributed by atoms with Crippen molar-refractivity contribution in [2.45, 2.75) is 39.5 Å². The predicted octanol–water partition coefficient (Wildman–Crippen LogP) is 3.77. The van der Waals surface area contributed by atoms with Gasteiger partial charge in [-0.15, -0.1) is 0 Å². The van der Waals surface area contributed by atoms with E-state index in [0.717, 1.165) is 17.6 Å². The van der Waals surface area contributed by atoms with E-state index >= 15 is 0 Å². The molecule has 2 aromatic carbocycles. The second kappa shape index (κ2) is 9.74. The number of ether oxygens (including phenoxy) is 3. The smallest absolute Gasteiger partial charge is 0.313 e. The van der Waals surface area contributed by atoms with Gasteiger partial charge in [0.1, 0.15) is 0 Å². The van der Waals surface area contributed by atoms with Crippen LogP contribution in [0.25, 0.3) is 0 Å². The van der Waals surface area contributed by atoms with E-state index in [0.29, 0.717) is 30.7 Å². The molecular weight excluding hydrogens is 450 g/mol. The van der Waals surface area contributed by atoms with Crippen molar-refractivity contribution in [3.63, 3.8) is 0 Å². The number of carbonyl (C=O) groups is 4. The molecule has 0 bridgehead atoms. The maximum atomic E-state index is 12.6. The van der Waals surface area contributed by atoms with E-state index in [1.807, 2.05) is 12.1 Å². The van der Waals surface area contributed by atoms with E-state index in [-0.39, 0.29) is 35.7 Å². The summed E-state index contributed by atoms with van der Waals surface area (Å²) in [6, 6.07) is 12.0. The molecule has 2 unspecified atom stereocenters. The second-order valence-corrected chi connectivity index (χ2v) is 9.15. The van der Waals surface area contributed by atoms with Crippen LogP contribution in [0.2, 0.25) is 0 Å². The number of allylic oxidation sites excluding steroid dienone is 1. The summed E-state index contributed by atoms with van der Waals surface area (Å²) in [5.41, 5.74) is 2.76. The highest BCUT2D eigenvalue weighted by Crippen LogP contribution is 2.52. The van der Waals surface area contributed by atoms with Gasteiger partial charge in [-0.2, -0.15) is 0 Å². The molecule has 4 rings (SSSR count). The molecule has 2 aliphatic rings.